The van der Waals surface area contributed by atoms with Crippen molar-refractivity contribution >= 4 is 23.0 Å². The Hall–Kier alpha value is -2.69. The first-order chi connectivity index (χ1) is 9.58. The molecule has 20 heavy (non-hydrogen) atoms. The summed E-state index contributed by atoms with van der Waals surface area (Å²) in [6.07, 6.45) is 0. The first kappa shape index (κ1) is 13.7. The molecule has 0 aliphatic rings. The predicted octanol–water partition coefficient (Wildman–Crippen LogP) is 3.27. The van der Waals surface area contributed by atoms with Gasteiger partial charge in [-0.05, 0) is 36.4 Å². The van der Waals surface area contributed by atoms with Crippen LogP contribution in [0.25, 0.3) is 0 Å². The molecule has 0 bridgehead atoms. The van der Waals surface area contributed by atoms with Gasteiger partial charge in [0.2, 0.25) is 0 Å². The van der Waals surface area contributed by atoms with Gasteiger partial charge in [0.15, 0.2) is 0 Å². The summed E-state index contributed by atoms with van der Waals surface area (Å²) in [7, 11) is 3.94. The van der Waals surface area contributed by atoms with E-state index >= 15 is 0 Å². The molecule has 0 aliphatic heterocycles. The molecular formula is C15H16N4O. The summed E-state index contributed by atoms with van der Waals surface area (Å²) in [6, 6.07) is 14.5. The van der Waals surface area contributed by atoms with E-state index in [9.17, 15) is 4.79 Å². The molecule has 0 spiro atoms. The number of hydrogen-bond donors (Lipinski definition) is 1. The molecule has 0 heterocycles. The summed E-state index contributed by atoms with van der Waals surface area (Å²) in [6.45, 7) is 0. The molecule has 1 amide bonds. The molecular weight excluding hydrogens is 252 g/mol. The Morgan fingerprint density at radius 2 is 1.65 bits per heavy atom. The lowest BCUT2D eigenvalue weighted by molar-refractivity contribution is 0.100. The summed E-state index contributed by atoms with van der Waals surface area (Å²) >= 11 is 0. The molecule has 0 fully saturated rings. The van der Waals surface area contributed by atoms with Crippen LogP contribution >= 0.6 is 0 Å². The highest BCUT2D eigenvalue weighted by atomic mass is 16.1. The third-order valence-corrected chi connectivity index (χ3v) is 2.81. The third kappa shape index (κ3) is 3.20. The topological polar surface area (TPSA) is 71.1 Å². The van der Waals surface area contributed by atoms with Gasteiger partial charge in [-0.25, -0.2) is 0 Å². The van der Waals surface area contributed by atoms with E-state index in [-0.39, 0.29) is 0 Å². The highest BCUT2D eigenvalue weighted by molar-refractivity contribution is 5.97. The highest BCUT2D eigenvalue weighted by Gasteiger charge is 2.05. The lowest BCUT2D eigenvalue weighted by atomic mass is 10.2. The maximum Gasteiger partial charge on any atom is 0.250 e. The molecule has 0 saturated heterocycles. The minimum atomic E-state index is -0.512. The summed E-state index contributed by atoms with van der Waals surface area (Å²) < 4.78 is 0. The number of hydrogen-bond acceptors (Lipinski definition) is 4. The van der Waals surface area contributed by atoms with Crippen molar-refractivity contribution in [2.24, 2.45) is 16.0 Å². The molecule has 5 heteroatoms. The number of azo groups is 1. The van der Waals surface area contributed by atoms with Gasteiger partial charge >= 0.3 is 0 Å². The van der Waals surface area contributed by atoms with Crippen LogP contribution in [0, 0.1) is 0 Å². The van der Waals surface area contributed by atoms with Crippen LogP contribution in [0.1, 0.15) is 10.4 Å². The van der Waals surface area contributed by atoms with Gasteiger partial charge in [-0.1, -0.05) is 12.1 Å². The Morgan fingerprint density at radius 1 is 1.00 bits per heavy atom. The van der Waals surface area contributed by atoms with Crippen LogP contribution < -0.4 is 10.6 Å². The number of nitrogens with two attached hydrogens (primary N) is 1. The van der Waals surface area contributed by atoms with Crippen molar-refractivity contribution in [3.05, 3.63) is 54.1 Å². The van der Waals surface area contributed by atoms with Gasteiger partial charge in [0.05, 0.1) is 16.9 Å². The highest BCUT2D eigenvalue weighted by Crippen LogP contribution is 2.23. The maximum absolute atomic E-state index is 11.3. The van der Waals surface area contributed by atoms with Gasteiger partial charge in [0.25, 0.3) is 5.91 Å². The molecule has 2 rings (SSSR count). The van der Waals surface area contributed by atoms with Gasteiger partial charge in [-0.3, -0.25) is 4.79 Å². The minimum absolute atomic E-state index is 0.362. The number of amides is 1. The van der Waals surface area contributed by atoms with E-state index in [2.05, 4.69) is 10.2 Å². The van der Waals surface area contributed by atoms with Crippen LogP contribution in [-0.2, 0) is 0 Å². The zero-order chi connectivity index (χ0) is 14.5. The van der Waals surface area contributed by atoms with Gasteiger partial charge in [0, 0.05) is 19.8 Å². The fraction of sp³-hybridized carbons (Fsp3) is 0.133. The van der Waals surface area contributed by atoms with Crippen LogP contribution in [0.2, 0.25) is 0 Å². The van der Waals surface area contributed by atoms with E-state index in [1.165, 1.54) is 0 Å². The predicted molar refractivity (Wildman–Crippen MR) is 79.9 cm³/mol. The lowest BCUT2D eigenvalue weighted by Gasteiger charge is -2.11. The van der Waals surface area contributed by atoms with Crippen molar-refractivity contribution < 1.29 is 4.79 Å². The van der Waals surface area contributed by atoms with Crippen molar-refractivity contribution in [3.8, 4) is 0 Å². The van der Waals surface area contributed by atoms with Crippen molar-refractivity contribution in [2.45, 2.75) is 0 Å². The summed E-state index contributed by atoms with van der Waals surface area (Å²) in [4.78, 5) is 13.3. The lowest BCUT2D eigenvalue weighted by Crippen LogP contribution is -2.10. The average Bonchev–Trinajstić information content (AvgIpc) is 2.45. The van der Waals surface area contributed by atoms with Crippen LogP contribution in [0.3, 0.4) is 0 Å². The second-order valence-corrected chi connectivity index (χ2v) is 4.49. The van der Waals surface area contributed by atoms with Gasteiger partial charge in [-0.15, -0.1) is 5.11 Å². The van der Waals surface area contributed by atoms with Crippen molar-refractivity contribution in [3.63, 3.8) is 0 Å². The molecule has 0 atom stereocenters. The maximum atomic E-state index is 11.3. The average molecular weight is 268 g/mol. The molecule has 0 unspecified atom stereocenters. The molecule has 2 N–H and O–H groups in total. The summed E-state index contributed by atoms with van der Waals surface area (Å²) in [5, 5.41) is 8.20. The zero-order valence-corrected chi connectivity index (χ0v) is 11.4. The van der Waals surface area contributed by atoms with Crippen LogP contribution in [0.4, 0.5) is 17.1 Å². The SMILES string of the molecule is CN(C)c1ccc(N=Nc2ccccc2C(N)=O)cc1. The Morgan fingerprint density at radius 3 is 2.25 bits per heavy atom. The van der Waals surface area contributed by atoms with Gasteiger partial charge in [0.1, 0.15) is 0 Å². The number of carbonyl (C=O) groups excluding carboxylic acids is 1. The van der Waals surface area contributed by atoms with Crippen LogP contribution in [-0.4, -0.2) is 20.0 Å². The van der Waals surface area contributed by atoms with E-state index in [1.54, 1.807) is 24.3 Å². The van der Waals surface area contributed by atoms with Gasteiger partial charge < -0.3 is 10.6 Å². The molecule has 102 valence electrons. The number of primary amides is 1. The summed E-state index contributed by atoms with van der Waals surface area (Å²) in [5.74, 6) is -0.512. The van der Waals surface area contributed by atoms with Crippen LogP contribution in [0.15, 0.2) is 58.8 Å². The first-order valence-corrected chi connectivity index (χ1v) is 6.16. The Bertz CT molecular complexity index is 633. The second kappa shape index (κ2) is 5.97. The van der Waals surface area contributed by atoms with Crippen molar-refractivity contribution in [1.82, 2.24) is 0 Å². The first-order valence-electron chi connectivity index (χ1n) is 6.16. The quantitative estimate of drug-likeness (QED) is 0.864. The van der Waals surface area contributed by atoms with Crippen LogP contribution in [0.5, 0.6) is 0 Å². The monoisotopic (exact) mass is 268 g/mol. The fourth-order valence-electron chi connectivity index (χ4n) is 1.70. The van der Waals surface area contributed by atoms with Crippen molar-refractivity contribution in [2.75, 3.05) is 19.0 Å². The smallest absolute Gasteiger partial charge is 0.250 e. The molecule has 0 aromatic heterocycles. The van der Waals surface area contributed by atoms with E-state index in [0.29, 0.717) is 11.3 Å². The van der Waals surface area contributed by atoms with E-state index in [4.69, 9.17) is 5.73 Å². The molecule has 0 radical (unpaired) electrons. The fourth-order valence-corrected chi connectivity index (χ4v) is 1.70. The number of anilines is 1. The molecule has 2 aromatic carbocycles. The molecule has 0 aliphatic carbocycles. The molecule has 5 nitrogen and oxygen atoms in total. The number of nitrogens with zero attached hydrogens (tertiary/aromatic N) is 3. The van der Waals surface area contributed by atoms with E-state index < -0.39 is 5.91 Å². The Labute approximate surface area is 117 Å². The summed E-state index contributed by atoms with van der Waals surface area (Å²) in [5.41, 5.74) is 7.92. The second-order valence-electron chi connectivity index (χ2n) is 4.49. The number of benzene rings is 2. The number of rotatable bonds is 4. The normalized spacial score (nSPS) is 10.7. The largest absolute Gasteiger partial charge is 0.378 e. The third-order valence-electron chi connectivity index (χ3n) is 2.81. The standard InChI is InChI=1S/C15H16N4O/c1-19(2)12-9-7-11(8-10-12)17-18-14-6-4-3-5-13(14)15(16)20/h3-10H,1-2H3,(H2,16,20). The molecule has 0 saturated carbocycles. The Kier molecular flexibility index (Phi) is 4.10. The van der Waals surface area contributed by atoms with Gasteiger partial charge in [-0.2, -0.15) is 5.11 Å². The molecule has 2 aromatic rings. The van der Waals surface area contributed by atoms with E-state index in [1.807, 2.05) is 43.3 Å². The van der Waals surface area contributed by atoms with E-state index in [0.717, 1.165) is 11.4 Å². The number of carbonyl (C=O) groups is 1. The van der Waals surface area contributed by atoms with Crippen molar-refractivity contribution in [1.29, 1.82) is 0 Å². The zero-order valence-electron chi connectivity index (χ0n) is 11.4. The Balaban J connectivity index is 2.23. The minimum Gasteiger partial charge on any atom is -0.378 e.